The van der Waals surface area contributed by atoms with Crippen LogP contribution in [-0.2, 0) is 11.8 Å². The molecule has 4 rings (SSSR count). The van der Waals surface area contributed by atoms with Crippen LogP contribution < -0.4 is 10.6 Å². The first-order chi connectivity index (χ1) is 14.5. The molecule has 0 aliphatic carbocycles. The average Bonchev–Trinajstić information content (AvgIpc) is 3.33. The third-order valence-electron chi connectivity index (χ3n) is 4.65. The lowest BCUT2D eigenvalue weighted by Crippen LogP contribution is -2.12. The van der Waals surface area contributed by atoms with Gasteiger partial charge in [-0.2, -0.15) is 5.10 Å². The van der Waals surface area contributed by atoms with Crippen LogP contribution >= 0.6 is 9.24 Å². The van der Waals surface area contributed by atoms with Crippen molar-refractivity contribution in [1.82, 2.24) is 19.2 Å². The number of hydrogen-bond donors (Lipinski definition) is 1. The fraction of sp³-hybridized carbons (Fsp3) is 0.136. The van der Waals surface area contributed by atoms with Crippen LogP contribution in [0.15, 0.2) is 49.1 Å². The van der Waals surface area contributed by atoms with Gasteiger partial charge in [-0.25, -0.2) is 9.78 Å². The first kappa shape index (κ1) is 19.7. The molecule has 150 valence electrons. The van der Waals surface area contributed by atoms with E-state index in [1.165, 1.54) is 7.11 Å². The quantitative estimate of drug-likeness (QED) is 0.315. The number of imidazole rings is 1. The van der Waals surface area contributed by atoms with Gasteiger partial charge in [-0.1, -0.05) is 12.0 Å². The summed E-state index contributed by atoms with van der Waals surface area (Å²) in [5.74, 6) is 5.95. The van der Waals surface area contributed by atoms with Gasteiger partial charge in [0.05, 0.1) is 36.4 Å². The predicted octanol–water partition coefficient (Wildman–Crippen LogP) is 2.81. The Morgan fingerprint density at radius 3 is 2.83 bits per heavy atom. The summed E-state index contributed by atoms with van der Waals surface area (Å²) in [6.45, 7) is 1.96. The Labute approximate surface area is 176 Å². The van der Waals surface area contributed by atoms with E-state index in [1.54, 1.807) is 23.1 Å². The average molecular weight is 417 g/mol. The molecule has 3 aromatic heterocycles. The molecule has 0 aliphatic heterocycles. The van der Waals surface area contributed by atoms with E-state index in [1.807, 2.05) is 49.0 Å². The highest BCUT2D eigenvalue weighted by Crippen LogP contribution is 2.21. The molecule has 1 aromatic carbocycles. The lowest BCUT2D eigenvalue weighted by molar-refractivity contribution is 0.0602. The van der Waals surface area contributed by atoms with E-state index < -0.39 is 0 Å². The van der Waals surface area contributed by atoms with Gasteiger partial charge in [-0.3, -0.25) is 9.08 Å². The summed E-state index contributed by atoms with van der Waals surface area (Å²) in [5.41, 5.74) is 5.47. The molecule has 0 saturated heterocycles. The maximum absolute atomic E-state index is 12.0. The number of carbonyl (C=O) groups excluding carboxylic acids is 1. The zero-order chi connectivity index (χ0) is 21.3. The summed E-state index contributed by atoms with van der Waals surface area (Å²) in [6, 6.07) is 7.56. The Morgan fingerprint density at radius 2 is 2.10 bits per heavy atom. The summed E-state index contributed by atoms with van der Waals surface area (Å²) >= 11 is 0. The number of aryl methyl sites for hydroxylation is 2. The van der Waals surface area contributed by atoms with Gasteiger partial charge in [-0.05, 0) is 41.9 Å². The summed E-state index contributed by atoms with van der Waals surface area (Å²) in [6.07, 6.45) is 7.30. The number of methoxy groups -OCH3 is 1. The van der Waals surface area contributed by atoms with Crippen LogP contribution in [0.3, 0.4) is 0 Å². The molecule has 0 aliphatic rings. The van der Waals surface area contributed by atoms with Gasteiger partial charge in [0.15, 0.2) is 5.65 Å². The van der Waals surface area contributed by atoms with Gasteiger partial charge >= 0.3 is 5.97 Å². The number of nitrogens with one attached hydrogen (secondary N) is 1. The Balaban J connectivity index is 1.70. The van der Waals surface area contributed by atoms with Crippen molar-refractivity contribution >= 4 is 37.5 Å². The summed E-state index contributed by atoms with van der Waals surface area (Å²) < 4.78 is 8.51. The minimum absolute atomic E-state index is 0.385. The van der Waals surface area contributed by atoms with Crippen LogP contribution in [0.1, 0.15) is 27.2 Å². The summed E-state index contributed by atoms with van der Waals surface area (Å²) in [4.78, 5) is 16.5. The van der Waals surface area contributed by atoms with Crippen molar-refractivity contribution in [3.63, 3.8) is 0 Å². The summed E-state index contributed by atoms with van der Waals surface area (Å²) in [7, 11) is 5.80. The highest BCUT2D eigenvalue weighted by Gasteiger charge is 2.12. The highest BCUT2D eigenvalue weighted by molar-refractivity contribution is 7.27. The lowest BCUT2D eigenvalue weighted by Gasteiger charge is -2.07. The number of hydrogen-bond acceptors (Lipinski definition) is 5. The van der Waals surface area contributed by atoms with Crippen LogP contribution in [0.5, 0.6) is 0 Å². The Bertz CT molecular complexity index is 1330. The van der Waals surface area contributed by atoms with E-state index in [9.17, 15) is 4.79 Å². The van der Waals surface area contributed by atoms with E-state index in [-0.39, 0.29) is 5.97 Å². The molecule has 0 fully saturated rings. The van der Waals surface area contributed by atoms with Crippen molar-refractivity contribution in [2.45, 2.75) is 6.92 Å². The molecule has 7 nitrogen and oxygen atoms in total. The second-order valence-electron chi connectivity index (χ2n) is 6.78. The molecule has 3 heterocycles. The molecule has 1 unspecified atom stereocenters. The number of rotatable bonds is 3. The van der Waals surface area contributed by atoms with Crippen molar-refractivity contribution < 1.29 is 9.53 Å². The fourth-order valence-electron chi connectivity index (χ4n) is 3.13. The number of aromatic nitrogens is 4. The maximum atomic E-state index is 12.0. The van der Waals surface area contributed by atoms with Gasteiger partial charge in [0.2, 0.25) is 0 Å². The number of benzene rings is 1. The van der Waals surface area contributed by atoms with E-state index in [4.69, 9.17) is 4.74 Å². The van der Waals surface area contributed by atoms with Gasteiger partial charge in [-0.15, -0.1) is 9.24 Å². The number of esters is 1. The molecule has 1 N–H and O–H groups in total. The Morgan fingerprint density at radius 1 is 1.27 bits per heavy atom. The first-order valence-electron chi connectivity index (χ1n) is 9.18. The number of ether oxygens (including phenoxy) is 1. The van der Waals surface area contributed by atoms with Gasteiger partial charge in [0, 0.05) is 25.0 Å². The van der Waals surface area contributed by atoms with E-state index >= 15 is 0 Å². The number of fused-ring (bicyclic) bond motifs is 1. The van der Waals surface area contributed by atoms with Crippen LogP contribution in [0.25, 0.3) is 5.65 Å². The summed E-state index contributed by atoms with van der Waals surface area (Å²) in [5, 5.41) is 8.28. The molecule has 0 bridgehead atoms. The standard InChI is InChI=1S/C22H20N5O2P/c1-14-9-20(30)18(22(28)29-3)10-15(14)6-7-17-12-23-21-19(5-4-8-27(17)21)25-16-11-24-26(2)13-16/h4-5,8-13,25H,30H2,1-3H3. The van der Waals surface area contributed by atoms with E-state index in [2.05, 4.69) is 36.5 Å². The molecule has 1 atom stereocenters. The molecule has 30 heavy (non-hydrogen) atoms. The minimum atomic E-state index is -0.385. The zero-order valence-corrected chi connectivity index (χ0v) is 18.0. The second kappa shape index (κ2) is 8.02. The van der Waals surface area contributed by atoms with E-state index in [0.717, 1.165) is 39.1 Å². The largest absolute Gasteiger partial charge is 0.465 e. The predicted molar refractivity (Wildman–Crippen MR) is 120 cm³/mol. The highest BCUT2D eigenvalue weighted by atomic mass is 31.0. The van der Waals surface area contributed by atoms with Crippen molar-refractivity contribution in [1.29, 1.82) is 0 Å². The molecule has 0 amide bonds. The number of nitrogens with zero attached hydrogens (tertiary/aromatic N) is 4. The first-order valence-corrected chi connectivity index (χ1v) is 9.76. The molecular weight excluding hydrogens is 397 g/mol. The number of anilines is 2. The van der Waals surface area contributed by atoms with Crippen LogP contribution in [-0.4, -0.2) is 32.2 Å². The Kier molecular flexibility index (Phi) is 5.26. The molecular formula is C22H20N5O2P. The van der Waals surface area contributed by atoms with Crippen LogP contribution in [0.4, 0.5) is 11.4 Å². The van der Waals surface area contributed by atoms with Crippen molar-refractivity contribution in [3.05, 3.63) is 71.4 Å². The smallest absolute Gasteiger partial charge is 0.338 e. The number of carbonyl (C=O) groups is 1. The Hall–Kier alpha value is -3.62. The second-order valence-corrected chi connectivity index (χ2v) is 7.40. The molecule has 8 heteroatoms. The molecule has 4 aromatic rings. The zero-order valence-electron chi connectivity index (χ0n) is 16.8. The van der Waals surface area contributed by atoms with Crippen molar-refractivity contribution in [2.24, 2.45) is 7.05 Å². The lowest BCUT2D eigenvalue weighted by atomic mass is 10.0. The monoisotopic (exact) mass is 417 g/mol. The van der Waals surface area contributed by atoms with E-state index in [0.29, 0.717) is 5.56 Å². The van der Waals surface area contributed by atoms with Crippen molar-refractivity contribution in [3.8, 4) is 11.8 Å². The number of pyridine rings is 1. The van der Waals surface area contributed by atoms with Gasteiger partial charge in [0.25, 0.3) is 0 Å². The minimum Gasteiger partial charge on any atom is -0.465 e. The third kappa shape index (κ3) is 3.78. The maximum Gasteiger partial charge on any atom is 0.338 e. The molecule has 0 radical (unpaired) electrons. The third-order valence-corrected chi connectivity index (χ3v) is 5.12. The normalized spacial score (nSPS) is 10.5. The molecule has 0 saturated carbocycles. The SMILES string of the molecule is COC(=O)c1cc(C#Cc2cnc3c(Nc4cnn(C)c4)cccn23)c(C)cc1P. The van der Waals surface area contributed by atoms with Gasteiger partial charge < -0.3 is 10.1 Å². The van der Waals surface area contributed by atoms with Gasteiger partial charge in [0.1, 0.15) is 5.69 Å². The molecule has 0 spiro atoms. The van der Waals surface area contributed by atoms with Crippen LogP contribution in [0.2, 0.25) is 0 Å². The topological polar surface area (TPSA) is 73.4 Å². The fourth-order valence-corrected chi connectivity index (χ4v) is 3.58. The van der Waals surface area contributed by atoms with Crippen LogP contribution in [0, 0.1) is 18.8 Å². The van der Waals surface area contributed by atoms with Crippen molar-refractivity contribution in [2.75, 3.05) is 12.4 Å².